The zero-order valence-electron chi connectivity index (χ0n) is 14.8. The van der Waals surface area contributed by atoms with Gasteiger partial charge in [0.1, 0.15) is 0 Å². The maximum Gasteiger partial charge on any atom is 0.219 e. The van der Waals surface area contributed by atoms with Crippen molar-refractivity contribution in [1.29, 1.82) is 0 Å². The fourth-order valence-corrected chi connectivity index (χ4v) is 4.81. The molecule has 0 aromatic rings. The number of β-amino-alcohol motifs (C(OH)–C–C–N with tert-alkyl or cyclic N) is 1. The Morgan fingerprint density at radius 2 is 1.74 bits per heavy atom. The molecular formula is C18H33N3O2. The van der Waals surface area contributed by atoms with Gasteiger partial charge in [-0.3, -0.25) is 14.6 Å². The molecule has 0 aromatic carbocycles. The third kappa shape index (κ3) is 4.06. The van der Waals surface area contributed by atoms with E-state index in [-0.39, 0.29) is 5.91 Å². The minimum atomic E-state index is -0.444. The molecule has 2 saturated heterocycles. The van der Waals surface area contributed by atoms with Crippen molar-refractivity contribution in [3.63, 3.8) is 0 Å². The maximum atomic E-state index is 11.5. The van der Waals surface area contributed by atoms with Crippen molar-refractivity contribution in [3.8, 4) is 0 Å². The van der Waals surface area contributed by atoms with Gasteiger partial charge < -0.3 is 10.0 Å². The van der Waals surface area contributed by atoms with E-state index in [9.17, 15) is 9.90 Å². The Morgan fingerprint density at radius 3 is 2.35 bits per heavy atom. The Labute approximate surface area is 140 Å². The van der Waals surface area contributed by atoms with Crippen molar-refractivity contribution in [3.05, 3.63) is 0 Å². The minimum absolute atomic E-state index is 0.199. The molecule has 23 heavy (non-hydrogen) atoms. The maximum absolute atomic E-state index is 11.5. The average Bonchev–Trinajstić information content (AvgIpc) is 2.87. The average molecular weight is 323 g/mol. The Hall–Kier alpha value is -0.650. The molecular weight excluding hydrogens is 290 g/mol. The van der Waals surface area contributed by atoms with E-state index in [1.165, 1.54) is 19.3 Å². The van der Waals surface area contributed by atoms with Crippen LogP contribution >= 0.6 is 0 Å². The van der Waals surface area contributed by atoms with Gasteiger partial charge in [-0.05, 0) is 18.8 Å². The summed E-state index contributed by atoms with van der Waals surface area (Å²) in [6.07, 6.45) is 5.58. The second kappa shape index (κ2) is 7.08. The van der Waals surface area contributed by atoms with Crippen LogP contribution in [0.15, 0.2) is 0 Å². The SMILES string of the molecule is CC(=O)N1CCN([C@H]2CN(CC3(O)CCCCC3)C[C@@H]2C)CC1. The van der Waals surface area contributed by atoms with Gasteiger partial charge in [0, 0.05) is 58.8 Å². The van der Waals surface area contributed by atoms with Crippen LogP contribution in [0.5, 0.6) is 0 Å². The van der Waals surface area contributed by atoms with E-state index in [2.05, 4.69) is 16.7 Å². The number of carbonyl (C=O) groups excluding carboxylic acids is 1. The summed E-state index contributed by atoms with van der Waals surface area (Å²) in [4.78, 5) is 18.5. The van der Waals surface area contributed by atoms with Crippen LogP contribution in [0.25, 0.3) is 0 Å². The normalized spacial score (nSPS) is 33.1. The highest BCUT2D eigenvalue weighted by Gasteiger charge is 2.39. The molecule has 0 bridgehead atoms. The number of aliphatic hydroxyl groups is 1. The number of hydrogen-bond donors (Lipinski definition) is 1. The Bertz CT molecular complexity index is 414. The molecule has 3 aliphatic rings. The van der Waals surface area contributed by atoms with Gasteiger partial charge in [0.25, 0.3) is 0 Å². The van der Waals surface area contributed by atoms with Crippen LogP contribution in [-0.2, 0) is 4.79 Å². The van der Waals surface area contributed by atoms with Crippen molar-refractivity contribution in [2.45, 2.75) is 57.6 Å². The van der Waals surface area contributed by atoms with E-state index in [0.29, 0.717) is 12.0 Å². The molecule has 5 heteroatoms. The summed E-state index contributed by atoms with van der Waals surface area (Å²) in [5, 5.41) is 10.8. The number of nitrogens with zero attached hydrogens (tertiary/aromatic N) is 3. The smallest absolute Gasteiger partial charge is 0.219 e. The number of hydrogen-bond acceptors (Lipinski definition) is 4. The van der Waals surface area contributed by atoms with Gasteiger partial charge in [-0.25, -0.2) is 0 Å². The largest absolute Gasteiger partial charge is 0.389 e. The monoisotopic (exact) mass is 323 g/mol. The summed E-state index contributed by atoms with van der Waals surface area (Å²) in [6.45, 7) is 10.7. The lowest BCUT2D eigenvalue weighted by molar-refractivity contribution is -0.130. The number of rotatable bonds is 3. The fourth-order valence-electron chi connectivity index (χ4n) is 4.81. The lowest BCUT2D eigenvalue weighted by Crippen LogP contribution is -2.53. The van der Waals surface area contributed by atoms with Crippen LogP contribution in [0, 0.1) is 5.92 Å². The van der Waals surface area contributed by atoms with Gasteiger partial charge in [0.05, 0.1) is 5.60 Å². The Morgan fingerprint density at radius 1 is 1.09 bits per heavy atom. The molecule has 0 unspecified atom stereocenters. The number of amides is 1. The summed E-state index contributed by atoms with van der Waals surface area (Å²) in [5.74, 6) is 0.844. The first kappa shape index (κ1) is 17.2. The fraction of sp³-hybridized carbons (Fsp3) is 0.944. The zero-order valence-corrected chi connectivity index (χ0v) is 14.8. The van der Waals surface area contributed by atoms with Crippen molar-refractivity contribution >= 4 is 5.91 Å². The van der Waals surface area contributed by atoms with Gasteiger partial charge in [-0.15, -0.1) is 0 Å². The standard InChI is InChI=1S/C18H33N3O2/c1-15-12-19(14-18(23)6-4-3-5-7-18)13-17(15)21-10-8-20(9-11-21)16(2)22/h15,17,23H,3-14H2,1-2H3/t15-,17-/m0/s1. The molecule has 2 aliphatic heterocycles. The van der Waals surface area contributed by atoms with Crippen LogP contribution in [0.4, 0.5) is 0 Å². The predicted octanol–water partition coefficient (Wildman–Crippen LogP) is 1.17. The highest BCUT2D eigenvalue weighted by molar-refractivity contribution is 5.73. The molecule has 1 amide bonds. The van der Waals surface area contributed by atoms with E-state index in [1.54, 1.807) is 6.92 Å². The topological polar surface area (TPSA) is 47.0 Å². The molecule has 1 N–H and O–H groups in total. The van der Waals surface area contributed by atoms with Crippen LogP contribution in [0.2, 0.25) is 0 Å². The first-order valence-electron chi connectivity index (χ1n) is 9.41. The van der Waals surface area contributed by atoms with Crippen molar-refractivity contribution in [2.24, 2.45) is 5.92 Å². The van der Waals surface area contributed by atoms with Crippen molar-refractivity contribution in [1.82, 2.24) is 14.7 Å². The van der Waals surface area contributed by atoms with Gasteiger partial charge >= 0.3 is 0 Å². The number of carbonyl (C=O) groups is 1. The summed E-state index contributed by atoms with van der Waals surface area (Å²) < 4.78 is 0. The zero-order chi connectivity index (χ0) is 16.4. The number of piperazine rings is 1. The summed E-state index contributed by atoms with van der Waals surface area (Å²) >= 11 is 0. The molecule has 3 fully saturated rings. The molecule has 2 atom stereocenters. The molecule has 3 rings (SSSR count). The third-order valence-corrected chi connectivity index (χ3v) is 6.18. The lowest BCUT2D eigenvalue weighted by atomic mass is 9.84. The van der Waals surface area contributed by atoms with Gasteiger partial charge in [-0.1, -0.05) is 26.2 Å². The predicted molar refractivity (Wildman–Crippen MR) is 91.3 cm³/mol. The highest BCUT2D eigenvalue weighted by Crippen LogP contribution is 2.31. The Balaban J connectivity index is 1.51. The van der Waals surface area contributed by atoms with Crippen LogP contribution in [0.1, 0.15) is 46.0 Å². The van der Waals surface area contributed by atoms with Crippen molar-refractivity contribution in [2.75, 3.05) is 45.8 Å². The van der Waals surface area contributed by atoms with E-state index in [4.69, 9.17) is 0 Å². The van der Waals surface area contributed by atoms with Crippen LogP contribution < -0.4 is 0 Å². The van der Waals surface area contributed by atoms with E-state index in [0.717, 1.165) is 58.7 Å². The molecule has 0 radical (unpaired) electrons. The third-order valence-electron chi connectivity index (χ3n) is 6.18. The minimum Gasteiger partial charge on any atom is -0.389 e. The van der Waals surface area contributed by atoms with Crippen LogP contribution in [-0.4, -0.2) is 83.2 Å². The van der Waals surface area contributed by atoms with E-state index < -0.39 is 5.60 Å². The molecule has 0 aromatic heterocycles. The lowest BCUT2D eigenvalue weighted by Gasteiger charge is -2.39. The quantitative estimate of drug-likeness (QED) is 0.847. The molecule has 1 aliphatic carbocycles. The van der Waals surface area contributed by atoms with Crippen molar-refractivity contribution < 1.29 is 9.90 Å². The summed E-state index contributed by atoms with van der Waals surface area (Å²) in [5.41, 5.74) is -0.444. The van der Waals surface area contributed by atoms with E-state index in [1.807, 2.05) is 4.90 Å². The first-order valence-corrected chi connectivity index (χ1v) is 9.41. The first-order chi connectivity index (χ1) is 11.0. The number of likely N-dealkylation sites (tertiary alicyclic amines) is 1. The summed E-state index contributed by atoms with van der Waals surface area (Å²) in [7, 11) is 0. The molecule has 1 saturated carbocycles. The molecule has 2 heterocycles. The van der Waals surface area contributed by atoms with E-state index >= 15 is 0 Å². The van der Waals surface area contributed by atoms with Crippen LogP contribution in [0.3, 0.4) is 0 Å². The second-order valence-corrected chi connectivity index (χ2v) is 8.07. The summed E-state index contributed by atoms with van der Waals surface area (Å²) in [6, 6.07) is 0.580. The second-order valence-electron chi connectivity index (χ2n) is 8.07. The molecule has 0 spiro atoms. The van der Waals surface area contributed by atoms with Gasteiger partial charge in [-0.2, -0.15) is 0 Å². The van der Waals surface area contributed by atoms with Gasteiger partial charge in [0.2, 0.25) is 5.91 Å². The molecule has 132 valence electrons. The Kier molecular flexibility index (Phi) is 5.29. The molecule has 5 nitrogen and oxygen atoms in total. The van der Waals surface area contributed by atoms with Gasteiger partial charge in [0.15, 0.2) is 0 Å². The highest BCUT2D eigenvalue weighted by atomic mass is 16.3.